The molecule has 0 radical (unpaired) electrons. The average Bonchev–Trinajstić information content (AvgIpc) is 2.56. The Balaban J connectivity index is 0.000000381. The molecule has 0 saturated heterocycles. The summed E-state index contributed by atoms with van der Waals surface area (Å²) in [5.74, 6) is 1.15. The fraction of sp³-hybridized carbons (Fsp3) is 0.300. The van der Waals surface area contributed by atoms with Gasteiger partial charge in [0.1, 0.15) is 5.75 Å². The van der Waals surface area contributed by atoms with Crippen LogP contribution in [0.2, 0.25) is 0 Å². The lowest BCUT2D eigenvalue weighted by Gasteiger charge is -2.06. The van der Waals surface area contributed by atoms with E-state index in [-0.39, 0.29) is 12.3 Å². The lowest BCUT2D eigenvalue weighted by atomic mass is 10.1. The number of benzene rings is 2. The molecule has 0 aliphatic rings. The summed E-state index contributed by atoms with van der Waals surface area (Å²) in [5.41, 5.74) is 3.08. The zero-order valence-corrected chi connectivity index (χ0v) is 14.8. The van der Waals surface area contributed by atoms with E-state index in [4.69, 9.17) is 14.6 Å². The molecule has 0 saturated carbocycles. The fourth-order valence-electron chi connectivity index (χ4n) is 1.90. The molecule has 0 bridgehead atoms. The van der Waals surface area contributed by atoms with Gasteiger partial charge in [-0.3, -0.25) is 9.59 Å². The van der Waals surface area contributed by atoms with Gasteiger partial charge >= 0.3 is 0 Å². The van der Waals surface area contributed by atoms with Crippen LogP contribution in [0.3, 0.4) is 0 Å². The Morgan fingerprint density at radius 2 is 1.54 bits per heavy atom. The highest BCUT2D eigenvalue weighted by molar-refractivity contribution is 5.95. The standard InChI is InChI=1S/C10H14O.C9H10O.CH2O2/c1-3-8-11-10-7-5-4-6-9(10)2;1-7-5-3-4-6-9(7)8(2)10;2-1-3/h4-7H,3,8H2,1-2H3;3-6H,1-2H3;1H,(H,2,3). The Morgan fingerprint density at radius 1 is 1.04 bits per heavy atom. The molecule has 4 heteroatoms. The van der Waals surface area contributed by atoms with Crippen LogP contribution in [0.25, 0.3) is 0 Å². The van der Waals surface area contributed by atoms with Crippen molar-refractivity contribution in [2.75, 3.05) is 6.61 Å². The van der Waals surface area contributed by atoms with Gasteiger partial charge in [0.15, 0.2) is 5.78 Å². The second-order valence-electron chi connectivity index (χ2n) is 5.09. The van der Waals surface area contributed by atoms with Crippen molar-refractivity contribution in [3.05, 3.63) is 65.2 Å². The van der Waals surface area contributed by atoms with E-state index in [1.807, 2.05) is 49.4 Å². The highest BCUT2D eigenvalue weighted by atomic mass is 16.5. The normalized spacial score (nSPS) is 8.83. The molecule has 130 valence electrons. The van der Waals surface area contributed by atoms with Crippen LogP contribution in [0.15, 0.2) is 48.5 Å². The van der Waals surface area contributed by atoms with E-state index >= 15 is 0 Å². The Morgan fingerprint density at radius 3 is 1.96 bits per heavy atom. The third kappa shape index (κ3) is 8.73. The van der Waals surface area contributed by atoms with Crippen LogP contribution in [0.5, 0.6) is 5.75 Å². The molecule has 0 aliphatic heterocycles. The highest BCUT2D eigenvalue weighted by Gasteiger charge is 1.99. The first-order valence-corrected chi connectivity index (χ1v) is 7.80. The topological polar surface area (TPSA) is 63.6 Å². The lowest BCUT2D eigenvalue weighted by molar-refractivity contribution is -0.122. The summed E-state index contributed by atoms with van der Waals surface area (Å²) >= 11 is 0. The van der Waals surface area contributed by atoms with Gasteiger partial charge in [0.2, 0.25) is 0 Å². The molecule has 24 heavy (non-hydrogen) atoms. The van der Waals surface area contributed by atoms with Crippen LogP contribution in [0.1, 0.15) is 41.8 Å². The number of ether oxygens (including phenoxy) is 1. The maximum atomic E-state index is 10.9. The minimum atomic E-state index is -0.250. The maximum absolute atomic E-state index is 10.9. The quantitative estimate of drug-likeness (QED) is 0.653. The number of ketones is 1. The molecule has 0 fully saturated rings. The molecule has 0 spiro atoms. The molecule has 0 unspecified atom stereocenters. The van der Waals surface area contributed by atoms with Gasteiger partial charge in [0, 0.05) is 5.56 Å². The van der Waals surface area contributed by atoms with Gasteiger partial charge in [0.25, 0.3) is 6.47 Å². The van der Waals surface area contributed by atoms with Gasteiger partial charge in [-0.2, -0.15) is 0 Å². The molecular weight excluding hydrogens is 304 g/mol. The molecular formula is C20H26O4. The molecule has 4 nitrogen and oxygen atoms in total. The van der Waals surface area contributed by atoms with E-state index in [2.05, 4.69) is 19.9 Å². The molecule has 0 amide bonds. The number of rotatable bonds is 4. The minimum absolute atomic E-state index is 0.137. The van der Waals surface area contributed by atoms with Crippen LogP contribution in [0.4, 0.5) is 0 Å². The first-order valence-electron chi connectivity index (χ1n) is 7.80. The Hall–Kier alpha value is -2.62. The van der Waals surface area contributed by atoms with Crippen molar-refractivity contribution in [2.24, 2.45) is 0 Å². The summed E-state index contributed by atoms with van der Waals surface area (Å²) in [7, 11) is 0. The van der Waals surface area contributed by atoms with Gasteiger partial charge in [-0.05, 0) is 44.4 Å². The number of Topliss-reactive ketones (excluding diaryl/α,β-unsaturated/α-hetero) is 1. The molecule has 0 atom stereocenters. The van der Waals surface area contributed by atoms with Crippen molar-refractivity contribution in [1.29, 1.82) is 0 Å². The molecule has 0 heterocycles. The van der Waals surface area contributed by atoms with Crippen molar-refractivity contribution in [3.63, 3.8) is 0 Å². The van der Waals surface area contributed by atoms with Crippen molar-refractivity contribution in [3.8, 4) is 5.75 Å². The van der Waals surface area contributed by atoms with E-state index in [0.717, 1.165) is 29.9 Å². The summed E-state index contributed by atoms with van der Waals surface area (Å²) in [6.07, 6.45) is 1.06. The number of hydrogen-bond acceptors (Lipinski definition) is 3. The third-order valence-corrected chi connectivity index (χ3v) is 3.08. The van der Waals surface area contributed by atoms with Gasteiger partial charge in [-0.15, -0.1) is 0 Å². The van der Waals surface area contributed by atoms with Gasteiger partial charge in [-0.25, -0.2) is 0 Å². The Kier molecular flexibility index (Phi) is 11.5. The largest absolute Gasteiger partial charge is 0.493 e. The summed E-state index contributed by atoms with van der Waals surface area (Å²) in [5, 5.41) is 6.89. The second kappa shape index (κ2) is 12.9. The van der Waals surface area contributed by atoms with Crippen LogP contribution < -0.4 is 4.74 Å². The van der Waals surface area contributed by atoms with E-state index in [1.165, 1.54) is 5.56 Å². The van der Waals surface area contributed by atoms with Crippen molar-refractivity contribution < 1.29 is 19.4 Å². The monoisotopic (exact) mass is 330 g/mol. The predicted molar refractivity (Wildman–Crippen MR) is 96.8 cm³/mol. The summed E-state index contributed by atoms with van der Waals surface area (Å²) in [6.45, 7) is 8.26. The maximum Gasteiger partial charge on any atom is 0.290 e. The van der Waals surface area contributed by atoms with E-state index < -0.39 is 0 Å². The van der Waals surface area contributed by atoms with E-state index in [9.17, 15) is 4.79 Å². The summed E-state index contributed by atoms with van der Waals surface area (Å²) in [6, 6.07) is 15.7. The van der Waals surface area contributed by atoms with Gasteiger partial charge in [-0.1, -0.05) is 49.4 Å². The second-order valence-corrected chi connectivity index (χ2v) is 5.09. The first kappa shape index (κ1) is 21.4. The number of para-hydroxylation sites is 1. The van der Waals surface area contributed by atoms with Crippen molar-refractivity contribution in [1.82, 2.24) is 0 Å². The number of aryl methyl sites for hydroxylation is 2. The number of carbonyl (C=O) groups excluding carboxylic acids is 1. The summed E-state index contributed by atoms with van der Waals surface area (Å²) < 4.78 is 5.49. The van der Waals surface area contributed by atoms with Crippen LogP contribution in [-0.4, -0.2) is 24.0 Å². The van der Waals surface area contributed by atoms with Gasteiger partial charge < -0.3 is 9.84 Å². The minimum Gasteiger partial charge on any atom is -0.493 e. The zero-order valence-electron chi connectivity index (χ0n) is 14.8. The zero-order chi connectivity index (χ0) is 18.4. The molecule has 1 N–H and O–H groups in total. The van der Waals surface area contributed by atoms with Crippen LogP contribution in [0, 0.1) is 13.8 Å². The number of carboxylic acid groups (broad SMARTS) is 1. The number of carbonyl (C=O) groups is 2. The molecule has 2 rings (SSSR count). The van der Waals surface area contributed by atoms with Crippen molar-refractivity contribution >= 4 is 12.3 Å². The first-order chi connectivity index (χ1) is 11.5. The van der Waals surface area contributed by atoms with Crippen molar-refractivity contribution in [2.45, 2.75) is 34.1 Å². The fourth-order valence-corrected chi connectivity index (χ4v) is 1.90. The van der Waals surface area contributed by atoms with E-state index in [0.29, 0.717) is 0 Å². The summed E-state index contributed by atoms with van der Waals surface area (Å²) in [4.78, 5) is 19.2. The highest BCUT2D eigenvalue weighted by Crippen LogP contribution is 2.15. The van der Waals surface area contributed by atoms with Crippen LogP contribution >= 0.6 is 0 Å². The SMILES string of the molecule is CC(=O)c1ccccc1C.CCCOc1ccccc1C.O=CO. The lowest BCUT2D eigenvalue weighted by Crippen LogP contribution is -1.95. The molecule has 2 aromatic carbocycles. The molecule has 0 aliphatic carbocycles. The number of hydrogen-bond donors (Lipinski definition) is 1. The predicted octanol–water partition coefficient (Wildman–Crippen LogP) is 4.68. The van der Waals surface area contributed by atoms with E-state index in [1.54, 1.807) is 6.92 Å². The third-order valence-electron chi connectivity index (χ3n) is 3.08. The molecule has 2 aromatic rings. The van der Waals surface area contributed by atoms with Crippen LogP contribution in [-0.2, 0) is 4.79 Å². The Bertz CT molecular complexity index is 621. The smallest absolute Gasteiger partial charge is 0.290 e. The Labute approximate surface area is 144 Å². The van der Waals surface area contributed by atoms with Gasteiger partial charge in [0.05, 0.1) is 6.61 Å². The molecule has 0 aromatic heterocycles. The average molecular weight is 330 g/mol.